The van der Waals surface area contributed by atoms with Gasteiger partial charge in [0.15, 0.2) is 5.05 Å². The Bertz CT molecular complexity index is 842. The summed E-state index contributed by atoms with van der Waals surface area (Å²) in [5, 5.41) is 16.6. The maximum atomic E-state index is 11.8. The van der Waals surface area contributed by atoms with Gasteiger partial charge in [-0.3, -0.25) is 14.4 Å². The Kier molecular flexibility index (Phi) is 20.0. The Morgan fingerprint density at radius 2 is 1.38 bits per heavy atom. The van der Waals surface area contributed by atoms with E-state index in [1.807, 2.05) is 0 Å². The third-order valence-corrected chi connectivity index (χ3v) is 16.1. The molecule has 0 radical (unpaired) electrons. The highest BCUT2D eigenvalue weighted by molar-refractivity contribution is 8.68. The standard InChI is InChI=1S/C10H19O6PS2.C10H19O5PS2/c1-5-15-9(11)7-8(10(12)16-6-2)19-17(18,13-3)14-4;1-5-7(8(11)12)10(6-2,9(13)17)16(18,14-3)15-4/h8H,5-7H2,1-4H3;7H,5-6H2,1-4H3,(H,11,12)(H,13,17). The van der Waals surface area contributed by atoms with E-state index in [4.69, 9.17) is 63.4 Å². The van der Waals surface area contributed by atoms with Crippen LogP contribution in [0.2, 0.25) is 0 Å². The number of aliphatic carboxylic acids is 1. The van der Waals surface area contributed by atoms with E-state index in [1.54, 1.807) is 27.7 Å². The Balaban J connectivity index is 0. The van der Waals surface area contributed by atoms with Crippen LogP contribution in [0.1, 0.15) is 47.0 Å². The molecule has 17 heteroatoms. The van der Waals surface area contributed by atoms with Crippen molar-refractivity contribution in [2.24, 2.45) is 5.92 Å². The van der Waals surface area contributed by atoms with Crippen LogP contribution in [0.4, 0.5) is 0 Å². The van der Waals surface area contributed by atoms with Gasteiger partial charge in [-0.25, -0.2) is 0 Å². The minimum atomic E-state index is -3.04. The molecule has 218 valence electrons. The Morgan fingerprint density at radius 1 is 0.892 bits per heavy atom. The van der Waals surface area contributed by atoms with Crippen molar-refractivity contribution in [2.45, 2.75) is 57.4 Å². The van der Waals surface area contributed by atoms with E-state index in [1.165, 1.54) is 28.4 Å². The molecule has 0 aromatic carbocycles. The average molecular weight is 645 g/mol. The zero-order chi connectivity index (χ0) is 29.4. The van der Waals surface area contributed by atoms with Crippen LogP contribution in [0, 0.1) is 5.92 Å². The zero-order valence-electron chi connectivity index (χ0n) is 22.3. The van der Waals surface area contributed by atoms with Crippen molar-refractivity contribution in [3.8, 4) is 0 Å². The molecule has 0 rings (SSSR count). The van der Waals surface area contributed by atoms with E-state index < -0.39 is 51.5 Å². The fraction of sp³-hybridized carbons (Fsp3) is 0.800. The number of rotatable bonds is 17. The molecule has 0 fully saturated rings. The SMILES string of the molecule is CCC(C(=O)O)C(CC)(C(O)=S)P(=S)(OC)OC.CCOC(=O)CC(SP(=S)(OC)OC)C(=O)OCC. The number of aliphatic hydroxyl groups excluding tert-OH is 1. The summed E-state index contributed by atoms with van der Waals surface area (Å²) in [7, 11) is 5.51. The molecule has 0 spiro atoms. The number of carbonyl (C=O) groups is 3. The van der Waals surface area contributed by atoms with E-state index >= 15 is 0 Å². The third kappa shape index (κ3) is 11.1. The van der Waals surface area contributed by atoms with E-state index in [2.05, 4.69) is 0 Å². The van der Waals surface area contributed by atoms with Gasteiger partial charge in [-0.2, -0.15) is 0 Å². The van der Waals surface area contributed by atoms with Gasteiger partial charge in [0, 0.05) is 28.4 Å². The van der Waals surface area contributed by atoms with Gasteiger partial charge in [-0.15, -0.1) is 0 Å². The van der Waals surface area contributed by atoms with Crippen LogP contribution < -0.4 is 0 Å². The molecule has 0 aromatic heterocycles. The quantitative estimate of drug-likeness (QED) is 0.126. The fourth-order valence-corrected chi connectivity index (χ4v) is 11.1. The smallest absolute Gasteiger partial charge is 0.320 e. The molecule has 3 atom stereocenters. The summed E-state index contributed by atoms with van der Waals surface area (Å²) >= 11 is 16.4. The number of esters is 2. The normalized spacial score (nSPS) is 14.8. The summed E-state index contributed by atoms with van der Waals surface area (Å²) in [5.41, 5.74) is -2.65. The second-order valence-corrected chi connectivity index (χ2v) is 17.9. The second-order valence-electron chi connectivity index (χ2n) is 6.91. The van der Waals surface area contributed by atoms with Crippen LogP contribution in [-0.2, 0) is 65.6 Å². The lowest BCUT2D eigenvalue weighted by Crippen LogP contribution is -2.48. The fourth-order valence-electron chi connectivity index (χ4n) is 3.25. The van der Waals surface area contributed by atoms with Gasteiger partial charge in [0.1, 0.15) is 10.4 Å². The summed E-state index contributed by atoms with van der Waals surface area (Å²) in [6.45, 7) is 4.23. The highest BCUT2D eigenvalue weighted by atomic mass is 32.9. The van der Waals surface area contributed by atoms with Crippen LogP contribution in [0.15, 0.2) is 0 Å². The molecule has 0 aromatic rings. The Labute approximate surface area is 238 Å². The number of hydrogen-bond donors (Lipinski definition) is 2. The lowest BCUT2D eigenvalue weighted by Gasteiger charge is -2.42. The number of thiocarbonyl (C=S) groups is 1. The predicted molar refractivity (Wildman–Crippen MR) is 156 cm³/mol. The maximum absolute atomic E-state index is 11.8. The van der Waals surface area contributed by atoms with Crippen molar-refractivity contribution in [3.05, 3.63) is 0 Å². The maximum Gasteiger partial charge on any atom is 0.320 e. The predicted octanol–water partition coefficient (Wildman–Crippen LogP) is 4.86. The number of carbonyl (C=O) groups excluding carboxylic acids is 2. The first kappa shape index (κ1) is 38.9. The van der Waals surface area contributed by atoms with Crippen LogP contribution in [-0.4, -0.2) is 85.2 Å². The minimum absolute atomic E-state index is 0.123. The van der Waals surface area contributed by atoms with Crippen molar-refractivity contribution in [1.29, 1.82) is 0 Å². The lowest BCUT2D eigenvalue weighted by atomic mass is 9.87. The van der Waals surface area contributed by atoms with Gasteiger partial charge in [-0.05, 0) is 62.5 Å². The summed E-state index contributed by atoms with van der Waals surface area (Å²) in [6.07, 6.45) is 0.392. The summed E-state index contributed by atoms with van der Waals surface area (Å²) in [4.78, 5) is 34.7. The number of carboxylic acids is 1. The largest absolute Gasteiger partial charge is 0.501 e. The molecule has 0 aliphatic rings. The second kappa shape index (κ2) is 19.0. The van der Waals surface area contributed by atoms with E-state index in [0.29, 0.717) is 0 Å². The molecule has 0 saturated heterocycles. The number of ether oxygens (including phenoxy) is 2. The van der Waals surface area contributed by atoms with E-state index in [-0.39, 0.29) is 32.5 Å². The molecule has 37 heavy (non-hydrogen) atoms. The van der Waals surface area contributed by atoms with Crippen molar-refractivity contribution in [2.75, 3.05) is 41.7 Å². The zero-order valence-corrected chi connectivity index (χ0v) is 27.3. The molecule has 0 amide bonds. The number of hydrogen-bond acceptors (Lipinski definition) is 13. The minimum Gasteiger partial charge on any atom is -0.501 e. The van der Waals surface area contributed by atoms with Gasteiger partial charge < -0.3 is 37.8 Å². The van der Waals surface area contributed by atoms with Crippen LogP contribution in [0.3, 0.4) is 0 Å². The molecule has 3 unspecified atom stereocenters. The molecule has 0 heterocycles. The van der Waals surface area contributed by atoms with Gasteiger partial charge in [-0.1, -0.05) is 25.2 Å². The molecule has 0 bridgehead atoms. The first-order valence-electron chi connectivity index (χ1n) is 11.1. The van der Waals surface area contributed by atoms with E-state index in [0.717, 1.165) is 11.4 Å². The molecule has 0 aliphatic carbocycles. The van der Waals surface area contributed by atoms with Crippen molar-refractivity contribution in [1.82, 2.24) is 0 Å². The van der Waals surface area contributed by atoms with Gasteiger partial charge in [0.05, 0.1) is 25.6 Å². The monoisotopic (exact) mass is 644 g/mol. The Hall–Kier alpha value is -0.210. The Morgan fingerprint density at radius 3 is 1.68 bits per heavy atom. The molecule has 0 saturated carbocycles. The number of carboxylic acid groups (broad SMARTS) is 1. The van der Waals surface area contributed by atoms with Crippen LogP contribution in [0.25, 0.3) is 0 Å². The molecule has 11 nitrogen and oxygen atoms in total. The van der Waals surface area contributed by atoms with Gasteiger partial charge in [0.2, 0.25) is 12.2 Å². The highest BCUT2D eigenvalue weighted by Gasteiger charge is 2.56. The topological polar surface area (TPSA) is 147 Å². The van der Waals surface area contributed by atoms with Crippen LogP contribution >= 0.6 is 35.8 Å². The van der Waals surface area contributed by atoms with E-state index in [9.17, 15) is 24.6 Å². The summed E-state index contributed by atoms with van der Waals surface area (Å²) in [5.74, 6) is -3.02. The summed E-state index contributed by atoms with van der Waals surface area (Å²) < 4.78 is 30.4. The first-order valence-corrected chi connectivity index (χ1v) is 18.3. The van der Waals surface area contributed by atoms with Crippen molar-refractivity contribution >= 4 is 82.4 Å². The average Bonchev–Trinajstić information content (AvgIpc) is 2.86. The molecule has 2 N–H and O–H groups in total. The van der Waals surface area contributed by atoms with Gasteiger partial charge in [0.25, 0.3) is 0 Å². The molecular formula is C20H38O11P2S4. The highest BCUT2D eigenvalue weighted by Crippen LogP contribution is 2.65. The molecule has 0 aliphatic heterocycles. The molecular weight excluding hydrogens is 606 g/mol. The van der Waals surface area contributed by atoms with Crippen LogP contribution in [0.5, 0.6) is 0 Å². The van der Waals surface area contributed by atoms with Crippen molar-refractivity contribution < 1.29 is 52.2 Å². The number of aliphatic hydroxyl groups is 1. The first-order chi connectivity index (χ1) is 17.2. The van der Waals surface area contributed by atoms with Crippen molar-refractivity contribution in [3.63, 3.8) is 0 Å². The lowest BCUT2D eigenvalue weighted by molar-refractivity contribution is -0.149. The summed E-state index contributed by atoms with van der Waals surface area (Å²) in [6, 6.07) is 0. The van der Waals surface area contributed by atoms with Gasteiger partial charge >= 0.3 is 17.9 Å². The third-order valence-electron chi connectivity index (χ3n) is 5.07.